The van der Waals surface area contributed by atoms with Crippen LogP contribution in [0.25, 0.3) is 11.3 Å². The quantitative estimate of drug-likeness (QED) is 0.868. The van der Waals surface area contributed by atoms with E-state index in [-0.39, 0.29) is 5.75 Å². The molecule has 1 N–H and O–H groups in total. The summed E-state index contributed by atoms with van der Waals surface area (Å²) in [5.41, 5.74) is 5.77. The van der Waals surface area contributed by atoms with Crippen LogP contribution in [-0.4, -0.2) is 21.8 Å². The van der Waals surface area contributed by atoms with Gasteiger partial charge in [0.2, 0.25) is 0 Å². The summed E-state index contributed by atoms with van der Waals surface area (Å²) in [6, 6.07) is 4.31. The minimum atomic E-state index is -0.816. The highest BCUT2D eigenvalue weighted by molar-refractivity contribution is 8.01. The number of carboxylic acids is 1. The van der Waals surface area contributed by atoms with Gasteiger partial charge in [-0.3, -0.25) is 4.79 Å². The van der Waals surface area contributed by atoms with Crippen molar-refractivity contribution in [2.45, 2.75) is 25.1 Å². The third kappa shape index (κ3) is 3.36. The number of hydrogen-bond donors (Lipinski definition) is 1. The summed E-state index contributed by atoms with van der Waals surface area (Å²) in [6.07, 6.45) is 0. The summed E-state index contributed by atoms with van der Waals surface area (Å²) in [6.45, 7) is 6.26. The molecule has 0 saturated carbocycles. The van der Waals surface area contributed by atoms with Gasteiger partial charge in [0, 0.05) is 10.9 Å². The molecule has 100 valence electrons. The Kier molecular flexibility index (Phi) is 4.27. The number of hydrogen-bond acceptors (Lipinski definition) is 4. The Labute approximate surface area is 120 Å². The number of rotatable bonds is 4. The lowest BCUT2D eigenvalue weighted by Gasteiger charge is -2.07. The van der Waals surface area contributed by atoms with Crippen LogP contribution in [0.4, 0.5) is 0 Å². The molecule has 1 aromatic heterocycles. The third-order valence-electron chi connectivity index (χ3n) is 2.92. The number of nitrogens with zero attached hydrogens (tertiary/aromatic N) is 1. The summed E-state index contributed by atoms with van der Waals surface area (Å²) in [4.78, 5) is 15.0. The number of carbonyl (C=O) groups is 1. The fourth-order valence-electron chi connectivity index (χ4n) is 1.81. The van der Waals surface area contributed by atoms with Crippen LogP contribution in [-0.2, 0) is 4.79 Å². The number of benzene rings is 1. The number of thioether (sulfide) groups is 1. The Hall–Kier alpha value is -1.33. The fraction of sp³-hybridized carbons (Fsp3) is 0.286. The van der Waals surface area contributed by atoms with Crippen LogP contribution in [0, 0.1) is 20.8 Å². The number of aromatic nitrogens is 1. The van der Waals surface area contributed by atoms with E-state index >= 15 is 0 Å². The molecule has 0 saturated heterocycles. The van der Waals surface area contributed by atoms with Crippen molar-refractivity contribution in [2.24, 2.45) is 0 Å². The Bertz CT molecular complexity index is 620. The van der Waals surface area contributed by atoms with Gasteiger partial charge in [0.15, 0.2) is 4.34 Å². The lowest BCUT2D eigenvalue weighted by atomic mass is 9.99. The predicted molar refractivity (Wildman–Crippen MR) is 80.1 cm³/mol. The van der Waals surface area contributed by atoms with Gasteiger partial charge in [-0.15, -0.1) is 11.3 Å². The van der Waals surface area contributed by atoms with E-state index in [1.807, 2.05) is 5.38 Å². The minimum Gasteiger partial charge on any atom is -0.481 e. The monoisotopic (exact) mass is 293 g/mol. The van der Waals surface area contributed by atoms with Crippen LogP contribution in [0.15, 0.2) is 21.9 Å². The van der Waals surface area contributed by atoms with Crippen molar-refractivity contribution in [2.75, 3.05) is 5.75 Å². The number of carboxylic acid groups (broad SMARTS) is 1. The summed E-state index contributed by atoms with van der Waals surface area (Å²) >= 11 is 2.76. The zero-order valence-corrected chi connectivity index (χ0v) is 12.7. The number of aryl methyl sites for hydroxylation is 3. The van der Waals surface area contributed by atoms with Gasteiger partial charge in [-0.25, -0.2) is 4.98 Å². The molecule has 2 aromatic rings. The second-order valence-corrected chi connectivity index (χ2v) is 6.51. The zero-order valence-electron chi connectivity index (χ0n) is 11.1. The van der Waals surface area contributed by atoms with Gasteiger partial charge in [-0.05, 0) is 43.5 Å². The van der Waals surface area contributed by atoms with E-state index in [4.69, 9.17) is 5.11 Å². The van der Waals surface area contributed by atoms with Gasteiger partial charge in [0.05, 0.1) is 11.4 Å². The maximum absolute atomic E-state index is 10.5. The van der Waals surface area contributed by atoms with Crippen molar-refractivity contribution in [3.8, 4) is 11.3 Å². The van der Waals surface area contributed by atoms with Crippen LogP contribution in [0.5, 0.6) is 0 Å². The second-order valence-electron chi connectivity index (χ2n) is 4.43. The molecule has 0 fully saturated rings. The molecule has 0 atom stereocenters. The van der Waals surface area contributed by atoms with Crippen molar-refractivity contribution in [3.63, 3.8) is 0 Å². The largest absolute Gasteiger partial charge is 0.481 e. The first-order valence-corrected chi connectivity index (χ1v) is 7.72. The standard InChI is InChI=1S/C14H15NO2S2/c1-8-4-10(3)11(5-9(8)2)12-6-18-14(15-12)19-7-13(16)17/h4-6H,7H2,1-3H3,(H,16,17). The molecule has 1 heterocycles. The molecule has 5 heteroatoms. The topological polar surface area (TPSA) is 50.2 Å². The van der Waals surface area contributed by atoms with Crippen LogP contribution < -0.4 is 0 Å². The number of thiazole rings is 1. The SMILES string of the molecule is Cc1cc(C)c(-c2csc(SCC(=O)O)n2)cc1C. The molecule has 19 heavy (non-hydrogen) atoms. The molecule has 1 aromatic carbocycles. The normalized spacial score (nSPS) is 10.7. The molecule has 0 unspecified atom stereocenters. The van der Waals surface area contributed by atoms with Crippen molar-refractivity contribution in [1.29, 1.82) is 0 Å². The van der Waals surface area contributed by atoms with Crippen molar-refractivity contribution >= 4 is 29.1 Å². The van der Waals surface area contributed by atoms with Crippen LogP contribution >= 0.6 is 23.1 Å². The van der Waals surface area contributed by atoms with Crippen molar-refractivity contribution in [3.05, 3.63) is 34.2 Å². The molecule has 0 amide bonds. The molecular weight excluding hydrogens is 278 g/mol. The highest BCUT2D eigenvalue weighted by atomic mass is 32.2. The maximum Gasteiger partial charge on any atom is 0.313 e. The van der Waals surface area contributed by atoms with Gasteiger partial charge in [-0.2, -0.15) is 0 Å². The van der Waals surface area contributed by atoms with E-state index in [2.05, 4.69) is 37.9 Å². The van der Waals surface area contributed by atoms with Crippen LogP contribution in [0.3, 0.4) is 0 Å². The Morgan fingerprint density at radius 3 is 2.63 bits per heavy atom. The minimum absolute atomic E-state index is 0.0544. The first-order valence-electron chi connectivity index (χ1n) is 5.85. The summed E-state index contributed by atoms with van der Waals surface area (Å²) < 4.78 is 0.801. The Morgan fingerprint density at radius 2 is 1.95 bits per heavy atom. The van der Waals surface area contributed by atoms with E-state index in [1.165, 1.54) is 39.8 Å². The van der Waals surface area contributed by atoms with Crippen LogP contribution in [0.1, 0.15) is 16.7 Å². The van der Waals surface area contributed by atoms with Crippen molar-refractivity contribution in [1.82, 2.24) is 4.98 Å². The zero-order chi connectivity index (χ0) is 14.0. The first-order chi connectivity index (χ1) is 8.97. The summed E-state index contributed by atoms with van der Waals surface area (Å²) in [5, 5.41) is 10.7. The molecule has 2 rings (SSSR count). The van der Waals surface area contributed by atoms with Gasteiger partial charge >= 0.3 is 5.97 Å². The maximum atomic E-state index is 10.5. The van der Waals surface area contributed by atoms with E-state index in [0.29, 0.717) is 0 Å². The fourth-order valence-corrected chi connectivity index (χ4v) is 3.35. The smallest absolute Gasteiger partial charge is 0.313 e. The third-order valence-corrected chi connectivity index (χ3v) is 4.92. The highest BCUT2D eigenvalue weighted by Gasteiger charge is 2.10. The molecule has 0 aliphatic carbocycles. The van der Waals surface area contributed by atoms with E-state index in [9.17, 15) is 4.79 Å². The second kappa shape index (κ2) is 5.75. The molecule has 0 bridgehead atoms. The van der Waals surface area contributed by atoms with Gasteiger partial charge in [-0.1, -0.05) is 17.8 Å². The average molecular weight is 293 g/mol. The lowest BCUT2D eigenvalue weighted by Crippen LogP contribution is -1.97. The molecule has 0 aliphatic heterocycles. The molecule has 0 aliphatic rings. The van der Waals surface area contributed by atoms with E-state index in [0.717, 1.165) is 15.6 Å². The predicted octanol–water partition coefficient (Wildman–Crippen LogP) is 3.91. The lowest BCUT2D eigenvalue weighted by molar-refractivity contribution is -0.133. The average Bonchev–Trinajstić information content (AvgIpc) is 2.80. The summed E-state index contributed by atoms with van der Waals surface area (Å²) in [7, 11) is 0. The van der Waals surface area contributed by atoms with Gasteiger partial charge in [0.1, 0.15) is 0 Å². The van der Waals surface area contributed by atoms with Crippen LogP contribution in [0.2, 0.25) is 0 Å². The van der Waals surface area contributed by atoms with E-state index < -0.39 is 5.97 Å². The molecule has 0 spiro atoms. The molecular formula is C14H15NO2S2. The van der Waals surface area contributed by atoms with Crippen molar-refractivity contribution < 1.29 is 9.90 Å². The van der Waals surface area contributed by atoms with Gasteiger partial charge < -0.3 is 5.11 Å². The van der Waals surface area contributed by atoms with E-state index in [1.54, 1.807) is 0 Å². The Morgan fingerprint density at radius 1 is 1.26 bits per heavy atom. The number of aliphatic carboxylic acids is 1. The summed E-state index contributed by atoms with van der Waals surface area (Å²) in [5.74, 6) is -0.761. The Balaban J connectivity index is 2.27. The highest BCUT2D eigenvalue weighted by Crippen LogP contribution is 2.31. The molecule has 3 nitrogen and oxygen atoms in total. The molecule has 0 radical (unpaired) electrons. The van der Waals surface area contributed by atoms with Gasteiger partial charge in [0.25, 0.3) is 0 Å². The first kappa shape index (κ1) is 14.1.